The molecule has 3 aromatic rings. The summed E-state index contributed by atoms with van der Waals surface area (Å²) in [5, 5.41) is 1.94. The van der Waals surface area contributed by atoms with Crippen LogP contribution in [-0.4, -0.2) is 52.3 Å². The number of furan rings is 1. The van der Waals surface area contributed by atoms with Crippen LogP contribution in [0.25, 0.3) is 21.9 Å². The molecule has 0 bridgehead atoms. The van der Waals surface area contributed by atoms with E-state index in [9.17, 15) is 13.2 Å². The first-order valence-corrected chi connectivity index (χ1v) is 10.8. The van der Waals surface area contributed by atoms with E-state index < -0.39 is 10.1 Å². The van der Waals surface area contributed by atoms with Gasteiger partial charge in [-0.15, -0.1) is 0 Å². The van der Waals surface area contributed by atoms with Gasteiger partial charge in [0.25, 0.3) is 10.1 Å². The highest BCUT2D eigenvalue weighted by Crippen LogP contribution is 2.41. The molecule has 1 aliphatic rings. The molecular weight excluding hydrogens is 382 g/mol. The summed E-state index contributed by atoms with van der Waals surface area (Å²) in [6.07, 6.45) is 1.36. The van der Waals surface area contributed by atoms with Crippen LogP contribution in [0.2, 0.25) is 0 Å². The van der Waals surface area contributed by atoms with E-state index in [0.717, 1.165) is 28.2 Å². The Balaban J connectivity index is 1.67. The SMILES string of the molecule is COc1ccc(C2CC(=O)N(CCOS(C)(=O)=O)C2)c2c1oc1ccccc12. The van der Waals surface area contributed by atoms with Gasteiger partial charge in [0.15, 0.2) is 11.3 Å². The average molecular weight is 403 g/mol. The molecule has 1 aromatic heterocycles. The van der Waals surface area contributed by atoms with E-state index in [1.165, 1.54) is 0 Å². The number of carbonyl (C=O) groups is 1. The van der Waals surface area contributed by atoms with Crippen molar-refractivity contribution in [1.82, 2.24) is 4.90 Å². The number of hydrogen-bond acceptors (Lipinski definition) is 6. The molecule has 1 amide bonds. The van der Waals surface area contributed by atoms with Crippen molar-refractivity contribution in [3.63, 3.8) is 0 Å². The fourth-order valence-electron chi connectivity index (χ4n) is 3.83. The number of carbonyl (C=O) groups excluding carboxylic acids is 1. The third-order valence-electron chi connectivity index (χ3n) is 5.06. The molecule has 0 aliphatic carbocycles. The van der Waals surface area contributed by atoms with Crippen LogP contribution in [0.4, 0.5) is 0 Å². The molecule has 2 heterocycles. The molecule has 0 N–H and O–H groups in total. The second kappa shape index (κ2) is 7.10. The van der Waals surface area contributed by atoms with Crippen molar-refractivity contribution in [1.29, 1.82) is 0 Å². The van der Waals surface area contributed by atoms with Crippen molar-refractivity contribution in [3.8, 4) is 5.75 Å². The number of likely N-dealkylation sites (tertiary alicyclic amines) is 1. The topological polar surface area (TPSA) is 86.0 Å². The molecule has 1 saturated heterocycles. The number of fused-ring (bicyclic) bond motifs is 3. The first-order valence-electron chi connectivity index (χ1n) is 8.97. The van der Waals surface area contributed by atoms with Crippen molar-refractivity contribution in [2.75, 3.05) is 33.1 Å². The highest BCUT2D eigenvalue weighted by molar-refractivity contribution is 7.85. The van der Waals surface area contributed by atoms with E-state index in [4.69, 9.17) is 13.3 Å². The van der Waals surface area contributed by atoms with Gasteiger partial charge < -0.3 is 14.1 Å². The largest absolute Gasteiger partial charge is 0.493 e. The Hall–Kier alpha value is -2.58. The number of methoxy groups -OCH3 is 1. The highest BCUT2D eigenvalue weighted by Gasteiger charge is 2.32. The Kier molecular flexibility index (Phi) is 4.76. The lowest BCUT2D eigenvalue weighted by Crippen LogP contribution is -2.29. The normalized spacial score (nSPS) is 17.7. The predicted octanol–water partition coefficient (Wildman–Crippen LogP) is 2.89. The smallest absolute Gasteiger partial charge is 0.264 e. The third-order valence-corrected chi connectivity index (χ3v) is 5.65. The van der Waals surface area contributed by atoms with Crippen LogP contribution in [0.5, 0.6) is 5.75 Å². The monoisotopic (exact) mass is 403 g/mol. The Labute approximate surface area is 162 Å². The van der Waals surface area contributed by atoms with Crippen molar-refractivity contribution in [2.45, 2.75) is 12.3 Å². The van der Waals surface area contributed by atoms with Crippen LogP contribution in [0.3, 0.4) is 0 Å². The summed E-state index contributed by atoms with van der Waals surface area (Å²) in [5.41, 5.74) is 2.47. The Morgan fingerprint density at radius 1 is 1.21 bits per heavy atom. The van der Waals surface area contributed by atoms with E-state index in [-0.39, 0.29) is 25.0 Å². The maximum absolute atomic E-state index is 12.4. The minimum atomic E-state index is -3.52. The van der Waals surface area contributed by atoms with E-state index in [1.807, 2.05) is 36.4 Å². The summed E-state index contributed by atoms with van der Waals surface area (Å²) in [6, 6.07) is 11.6. The van der Waals surface area contributed by atoms with Gasteiger partial charge in [0, 0.05) is 36.2 Å². The van der Waals surface area contributed by atoms with Crippen LogP contribution in [0.15, 0.2) is 40.8 Å². The summed E-state index contributed by atoms with van der Waals surface area (Å²) in [4.78, 5) is 14.1. The summed E-state index contributed by atoms with van der Waals surface area (Å²) in [5.74, 6) is 0.622. The minimum absolute atomic E-state index is 0.0138. The van der Waals surface area contributed by atoms with Gasteiger partial charge in [-0.05, 0) is 17.7 Å². The van der Waals surface area contributed by atoms with Gasteiger partial charge in [-0.3, -0.25) is 8.98 Å². The molecule has 1 aliphatic heterocycles. The standard InChI is InChI=1S/C20H21NO6S/c1-25-17-8-7-14(19-15-5-3-4-6-16(15)27-20(17)19)13-11-18(22)21(12-13)9-10-26-28(2,23)24/h3-8,13H,9-12H2,1-2H3. The lowest BCUT2D eigenvalue weighted by Gasteiger charge is -2.17. The lowest BCUT2D eigenvalue weighted by molar-refractivity contribution is -0.128. The summed E-state index contributed by atoms with van der Waals surface area (Å²) in [6.45, 7) is 0.713. The molecule has 0 saturated carbocycles. The molecule has 1 atom stereocenters. The van der Waals surface area contributed by atoms with Crippen LogP contribution < -0.4 is 4.74 Å². The molecule has 8 heteroatoms. The Bertz CT molecular complexity index is 1150. The van der Waals surface area contributed by atoms with E-state index in [0.29, 0.717) is 24.3 Å². The van der Waals surface area contributed by atoms with Gasteiger partial charge in [-0.2, -0.15) is 8.42 Å². The third kappa shape index (κ3) is 3.45. The fourth-order valence-corrected chi connectivity index (χ4v) is 4.20. The van der Waals surface area contributed by atoms with Gasteiger partial charge in [-0.25, -0.2) is 0 Å². The maximum Gasteiger partial charge on any atom is 0.264 e. The molecule has 7 nitrogen and oxygen atoms in total. The van der Waals surface area contributed by atoms with Crippen LogP contribution >= 0.6 is 0 Å². The minimum Gasteiger partial charge on any atom is -0.493 e. The average Bonchev–Trinajstić information content (AvgIpc) is 3.21. The lowest BCUT2D eigenvalue weighted by atomic mass is 9.93. The molecule has 1 fully saturated rings. The van der Waals surface area contributed by atoms with Crippen LogP contribution in [0.1, 0.15) is 17.9 Å². The van der Waals surface area contributed by atoms with Crippen molar-refractivity contribution < 1.29 is 26.5 Å². The molecule has 0 radical (unpaired) electrons. The van der Waals surface area contributed by atoms with E-state index in [2.05, 4.69) is 0 Å². The predicted molar refractivity (Wildman–Crippen MR) is 105 cm³/mol. The first-order chi connectivity index (χ1) is 13.4. The summed E-state index contributed by atoms with van der Waals surface area (Å²) < 4.78 is 38.5. The Morgan fingerprint density at radius 2 is 2.00 bits per heavy atom. The quantitative estimate of drug-likeness (QED) is 0.588. The number of benzene rings is 2. The highest BCUT2D eigenvalue weighted by atomic mass is 32.2. The number of amides is 1. The molecule has 28 heavy (non-hydrogen) atoms. The molecule has 4 rings (SSSR count). The number of nitrogens with zero attached hydrogens (tertiary/aromatic N) is 1. The van der Waals surface area contributed by atoms with Crippen molar-refractivity contribution >= 4 is 38.0 Å². The van der Waals surface area contributed by atoms with Crippen LogP contribution in [-0.2, 0) is 19.1 Å². The molecule has 148 valence electrons. The molecular formula is C20H21NO6S. The second-order valence-electron chi connectivity index (χ2n) is 6.93. The number of ether oxygens (including phenoxy) is 1. The van der Waals surface area contributed by atoms with E-state index >= 15 is 0 Å². The molecule has 1 unspecified atom stereocenters. The van der Waals surface area contributed by atoms with Crippen LogP contribution in [0, 0.1) is 0 Å². The zero-order valence-corrected chi connectivity index (χ0v) is 16.5. The zero-order chi connectivity index (χ0) is 19.9. The van der Waals surface area contributed by atoms with Gasteiger partial charge in [0.05, 0.1) is 20.0 Å². The molecule has 2 aromatic carbocycles. The van der Waals surface area contributed by atoms with Gasteiger partial charge in [0.2, 0.25) is 5.91 Å². The second-order valence-corrected chi connectivity index (χ2v) is 8.57. The number of para-hydroxylation sites is 1. The summed E-state index contributed by atoms with van der Waals surface area (Å²) >= 11 is 0. The van der Waals surface area contributed by atoms with E-state index in [1.54, 1.807) is 12.0 Å². The summed E-state index contributed by atoms with van der Waals surface area (Å²) in [7, 11) is -1.92. The number of hydrogen-bond donors (Lipinski definition) is 0. The maximum atomic E-state index is 12.4. The molecule has 0 spiro atoms. The van der Waals surface area contributed by atoms with Crippen molar-refractivity contribution in [2.24, 2.45) is 0 Å². The fraction of sp³-hybridized carbons (Fsp3) is 0.350. The van der Waals surface area contributed by atoms with Gasteiger partial charge in [-0.1, -0.05) is 24.3 Å². The zero-order valence-electron chi connectivity index (χ0n) is 15.7. The Morgan fingerprint density at radius 3 is 2.75 bits per heavy atom. The number of rotatable bonds is 6. The van der Waals surface area contributed by atoms with Crippen molar-refractivity contribution in [3.05, 3.63) is 42.0 Å². The van der Waals surface area contributed by atoms with Gasteiger partial charge >= 0.3 is 0 Å². The van der Waals surface area contributed by atoms with Gasteiger partial charge in [0.1, 0.15) is 5.58 Å². The first kappa shape index (κ1) is 18.8.